The number of nitrogens with zero attached hydrogens (tertiary/aromatic N) is 3. The summed E-state index contributed by atoms with van der Waals surface area (Å²) in [6.07, 6.45) is 5.01. The van der Waals surface area contributed by atoms with E-state index in [0.717, 1.165) is 50.7 Å². The predicted octanol–water partition coefficient (Wildman–Crippen LogP) is 8.65. The summed E-state index contributed by atoms with van der Waals surface area (Å²) in [4.78, 5) is 14.6. The molecule has 6 heteroatoms. The zero-order chi connectivity index (χ0) is 26.0. The molecule has 0 fully saturated rings. The number of rotatable bonds is 6. The highest BCUT2D eigenvalue weighted by Crippen LogP contribution is 2.30. The highest BCUT2D eigenvalue weighted by Gasteiger charge is 2.14. The minimum absolute atomic E-state index is 0.589. The van der Waals surface area contributed by atoms with Gasteiger partial charge < -0.3 is 13.3 Å². The van der Waals surface area contributed by atoms with Crippen molar-refractivity contribution < 1.29 is 13.3 Å². The lowest BCUT2D eigenvalue weighted by Crippen LogP contribution is -2.00. The average molecular weight is 508 g/mol. The minimum Gasteiger partial charge on any atom is -0.464 e. The Morgan fingerprint density at radius 2 is 0.564 bits per heavy atom. The topological polar surface area (TPSA) is 78.1 Å². The van der Waals surface area contributed by atoms with E-state index in [1.54, 1.807) is 18.8 Å². The summed E-state index contributed by atoms with van der Waals surface area (Å²) < 4.78 is 16.6. The molecule has 0 amide bonds. The molecule has 4 heterocycles. The van der Waals surface area contributed by atoms with E-state index in [0.29, 0.717) is 17.5 Å². The third-order valence-electron chi connectivity index (χ3n) is 6.48. The molecule has 3 aromatic carbocycles. The number of aromatic nitrogens is 3. The van der Waals surface area contributed by atoms with Crippen LogP contribution in [0.1, 0.15) is 0 Å². The zero-order valence-electron chi connectivity index (χ0n) is 20.7. The van der Waals surface area contributed by atoms with Crippen LogP contribution in [0.4, 0.5) is 0 Å². The molecular weight excluding hydrogens is 486 g/mol. The number of hydrogen-bond acceptors (Lipinski definition) is 6. The average Bonchev–Trinajstić information content (AvgIpc) is 3.82. The van der Waals surface area contributed by atoms with Gasteiger partial charge in [0, 0.05) is 33.4 Å². The molecule has 0 saturated heterocycles. The molecule has 186 valence electrons. The molecular formula is C33H21N3O3. The van der Waals surface area contributed by atoms with Crippen LogP contribution in [0, 0.1) is 0 Å². The molecule has 0 bridgehead atoms. The van der Waals surface area contributed by atoms with E-state index < -0.39 is 0 Å². The lowest BCUT2D eigenvalue weighted by Gasteiger charge is -2.09. The van der Waals surface area contributed by atoms with Crippen LogP contribution >= 0.6 is 0 Å². The van der Waals surface area contributed by atoms with Crippen LogP contribution in [0.2, 0.25) is 0 Å². The summed E-state index contributed by atoms with van der Waals surface area (Å²) in [6, 6.07) is 35.5. The van der Waals surface area contributed by atoms with E-state index in [1.165, 1.54) is 0 Å². The summed E-state index contributed by atoms with van der Waals surface area (Å²) >= 11 is 0. The first-order valence-electron chi connectivity index (χ1n) is 12.5. The number of furan rings is 3. The Labute approximate surface area is 224 Å². The molecule has 0 unspecified atom stereocenters. The van der Waals surface area contributed by atoms with Crippen molar-refractivity contribution in [3.05, 3.63) is 128 Å². The maximum Gasteiger partial charge on any atom is 0.164 e. The third-order valence-corrected chi connectivity index (χ3v) is 6.48. The Morgan fingerprint density at radius 3 is 0.795 bits per heavy atom. The first-order chi connectivity index (χ1) is 19.3. The van der Waals surface area contributed by atoms with Crippen LogP contribution in [0.25, 0.3) is 68.1 Å². The van der Waals surface area contributed by atoms with Crippen molar-refractivity contribution in [3.63, 3.8) is 0 Å². The molecule has 0 aliphatic carbocycles. The van der Waals surface area contributed by atoms with Gasteiger partial charge in [-0.15, -0.1) is 0 Å². The van der Waals surface area contributed by atoms with Gasteiger partial charge in [0.15, 0.2) is 17.5 Å². The molecule has 0 aliphatic heterocycles. The third kappa shape index (κ3) is 4.55. The maximum absolute atomic E-state index is 5.54. The summed E-state index contributed by atoms with van der Waals surface area (Å²) in [5.41, 5.74) is 5.61. The van der Waals surface area contributed by atoms with E-state index in [-0.39, 0.29) is 0 Å². The van der Waals surface area contributed by atoms with Gasteiger partial charge in [-0.1, -0.05) is 72.8 Å². The van der Waals surface area contributed by atoms with Crippen molar-refractivity contribution in [2.45, 2.75) is 0 Å². The van der Waals surface area contributed by atoms with Crippen molar-refractivity contribution in [2.24, 2.45) is 0 Å². The van der Waals surface area contributed by atoms with Crippen molar-refractivity contribution in [1.29, 1.82) is 0 Å². The summed E-state index contributed by atoms with van der Waals surface area (Å²) in [5.74, 6) is 4.20. The normalized spacial score (nSPS) is 11.1. The van der Waals surface area contributed by atoms with Gasteiger partial charge in [-0.25, -0.2) is 15.0 Å². The van der Waals surface area contributed by atoms with Crippen molar-refractivity contribution in [1.82, 2.24) is 15.0 Å². The van der Waals surface area contributed by atoms with Crippen LogP contribution in [-0.2, 0) is 0 Å². The monoisotopic (exact) mass is 507 g/mol. The molecule has 0 N–H and O–H groups in total. The molecule has 7 rings (SSSR count). The quantitative estimate of drug-likeness (QED) is 0.224. The van der Waals surface area contributed by atoms with E-state index >= 15 is 0 Å². The fourth-order valence-corrected chi connectivity index (χ4v) is 4.44. The molecule has 0 aliphatic rings. The maximum atomic E-state index is 5.54. The smallest absolute Gasteiger partial charge is 0.164 e. The van der Waals surface area contributed by atoms with Crippen molar-refractivity contribution in [3.8, 4) is 68.1 Å². The Morgan fingerprint density at radius 1 is 0.308 bits per heavy atom. The standard InChI is InChI=1S/C33H21N3O3/c1-4-28(37-19-1)22-7-13-25(14-8-22)31-34-32(26-15-9-23(10-16-26)29-5-2-20-38-29)36-33(35-31)27-17-11-24(12-18-27)30-6-3-21-39-30/h1-21H. The molecule has 0 radical (unpaired) electrons. The first-order valence-corrected chi connectivity index (χ1v) is 12.5. The summed E-state index contributed by atoms with van der Waals surface area (Å²) in [5, 5.41) is 0. The van der Waals surface area contributed by atoms with Crippen LogP contribution in [0.3, 0.4) is 0 Å². The molecule has 0 atom stereocenters. The summed E-state index contributed by atoms with van der Waals surface area (Å²) in [6.45, 7) is 0. The van der Waals surface area contributed by atoms with E-state index in [4.69, 9.17) is 28.2 Å². The highest BCUT2D eigenvalue weighted by atomic mass is 16.3. The van der Waals surface area contributed by atoms with Crippen LogP contribution in [0.15, 0.2) is 141 Å². The molecule has 7 aromatic rings. The van der Waals surface area contributed by atoms with Crippen molar-refractivity contribution in [2.75, 3.05) is 0 Å². The summed E-state index contributed by atoms with van der Waals surface area (Å²) in [7, 11) is 0. The molecule has 39 heavy (non-hydrogen) atoms. The first kappa shape index (κ1) is 22.7. The Bertz CT molecular complexity index is 1570. The highest BCUT2D eigenvalue weighted by molar-refractivity contribution is 5.71. The van der Waals surface area contributed by atoms with Crippen LogP contribution < -0.4 is 0 Å². The number of benzene rings is 3. The fourth-order valence-electron chi connectivity index (χ4n) is 4.44. The zero-order valence-corrected chi connectivity index (χ0v) is 20.7. The lowest BCUT2D eigenvalue weighted by molar-refractivity contribution is 0.582. The van der Waals surface area contributed by atoms with Gasteiger partial charge in [0.25, 0.3) is 0 Å². The SMILES string of the molecule is c1coc(-c2ccc(-c3nc(-c4ccc(-c5ccco5)cc4)nc(-c4ccc(-c5ccco5)cc4)n3)cc2)c1. The molecule has 0 saturated carbocycles. The Hall–Kier alpha value is -5.49. The second-order valence-corrected chi connectivity index (χ2v) is 8.97. The van der Waals surface area contributed by atoms with Crippen LogP contribution in [0.5, 0.6) is 0 Å². The molecule has 6 nitrogen and oxygen atoms in total. The second kappa shape index (κ2) is 9.76. The number of hydrogen-bond donors (Lipinski definition) is 0. The van der Waals surface area contributed by atoms with E-state index in [2.05, 4.69) is 0 Å². The van der Waals surface area contributed by atoms with Crippen molar-refractivity contribution >= 4 is 0 Å². The van der Waals surface area contributed by atoms with Gasteiger partial charge >= 0.3 is 0 Å². The Kier molecular flexibility index (Phi) is 5.68. The second-order valence-electron chi connectivity index (χ2n) is 8.97. The van der Waals surface area contributed by atoms with Gasteiger partial charge in [-0.05, 0) is 36.4 Å². The van der Waals surface area contributed by atoms with E-state index in [1.807, 2.05) is 109 Å². The van der Waals surface area contributed by atoms with Crippen LogP contribution in [-0.4, -0.2) is 15.0 Å². The van der Waals surface area contributed by atoms with Gasteiger partial charge in [0.1, 0.15) is 17.3 Å². The Balaban J connectivity index is 1.30. The largest absolute Gasteiger partial charge is 0.464 e. The van der Waals surface area contributed by atoms with Gasteiger partial charge in [-0.3, -0.25) is 0 Å². The lowest BCUT2D eigenvalue weighted by atomic mass is 10.1. The predicted molar refractivity (Wildman–Crippen MR) is 149 cm³/mol. The molecule has 4 aromatic heterocycles. The fraction of sp³-hybridized carbons (Fsp3) is 0. The van der Waals surface area contributed by atoms with Gasteiger partial charge in [0.2, 0.25) is 0 Å². The molecule has 0 spiro atoms. The van der Waals surface area contributed by atoms with Gasteiger partial charge in [-0.2, -0.15) is 0 Å². The minimum atomic E-state index is 0.589. The van der Waals surface area contributed by atoms with Gasteiger partial charge in [0.05, 0.1) is 18.8 Å². The van der Waals surface area contributed by atoms with E-state index in [9.17, 15) is 0 Å².